The molecule has 1 saturated carbocycles. The summed E-state index contributed by atoms with van der Waals surface area (Å²) >= 11 is 5.94. The smallest absolute Gasteiger partial charge is 0.174 e. The van der Waals surface area contributed by atoms with E-state index >= 15 is 0 Å². The molecular weight excluding hydrogens is 442 g/mol. The molecule has 1 aliphatic carbocycles. The van der Waals surface area contributed by atoms with E-state index in [1.807, 2.05) is 12.3 Å². The summed E-state index contributed by atoms with van der Waals surface area (Å²) in [5, 5.41) is 4.36. The third-order valence-corrected chi connectivity index (χ3v) is 7.75. The Kier molecular flexibility index (Phi) is 5.97. The van der Waals surface area contributed by atoms with Crippen molar-refractivity contribution < 1.29 is 4.74 Å². The Hall–Kier alpha value is -2.90. The van der Waals surface area contributed by atoms with E-state index in [-0.39, 0.29) is 12.1 Å². The fourth-order valence-corrected chi connectivity index (χ4v) is 6.10. The zero-order valence-corrected chi connectivity index (χ0v) is 20.2. The number of pyridine rings is 1. The van der Waals surface area contributed by atoms with Gasteiger partial charge in [-0.15, -0.1) is 0 Å². The van der Waals surface area contributed by atoms with Gasteiger partial charge in [0.05, 0.1) is 24.9 Å². The minimum atomic E-state index is -0.0114. The molecule has 2 aromatic heterocycles. The van der Waals surface area contributed by atoms with Crippen molar-refractivity contribution in [1.29, 1.82) is 0 Å². The van der Waals surface area contributed by atoms with E-state index in [4.69, 9.17) is 21.9 Å². The van der Waals surface area contributed by atoms with Crippen LogP contribution in [-0.4, -0.2) is 41.0 Å². The van der Waals surface area contributed by atoms with Crippen molar-refractivity contribution in [1.82, 2.24) is 14.9 Å². The number of anilines is 2. The molecule has 6 nitrogen and oxygen atoms in total. The molecule has 7 heteroatoms. The first kappa shape index (κ1) is 21.6. The van der Waals surface area contributed by atoms with E-state index in [0.29, 0.717) is 6.04 Å². The highest BCUT2D eigenvalue weighted by Gasteiger charge is 2.42. The lowest BCUT2D eigenvalue weighted by atomic mass is 10.00. The molecule has 1 N–H and O–H groups in total. The van der Waals surface area contributed by atoms with E-state index in [1.165, 1.54) is 37.1 Å². The number of benzene rings is 1. The number of ether oxygens (including phenoxy) is 1. The van der Waals surface area contributed by atoms with Crippen molar-refractivity contribution in [3.63, 3.8) is 0 Å². The predicted octanol–water partition coefficient (Wildman–Crippen LogP) is 5.01. The van der Waals surface area contributed by atoms with E-state index in [1.54, 1.807) is 0 Å². The number of hydrogen-bond acceptors (Lipinski definition) is 4. The Bertz CT molecular complexity index is 1120. The number of nitrogens with one attached hydrogen (secondary N) is 1. The fraction of sp³-hybridized carbons (Fsp3) is 0.407. The molecule has 1 aromatic carbocycles. The molecule has 176 valence electrons. The summed E-state index contributed by atoms with van der Waals surface area (Å²) < 4.78 is 8.02. The van der Waals surface area contributed by atoms with Gasteiger partial charge in [-0.3, -0.25) is 4.98 Å². The first-order chi connectivity index (χ1) is 16.8. The van der Waals surface area contributed by atoms with Crippen molar-refractivity contribution in [2.24, 2.45) is 0 Å². The number of hydrogen-bond donors (Lipinski definition) is 1. The first-order valence-electron chi connectivity index (χ1n) is 12.4. The minimum absolute atomic E-state index is 0.0114. The third kappa shape index (κ3) is 3.97. The Balaban J connectivity index is 1.38. The van der Waals surface area contributed by atoms with Crippen LogP contribution in [0.1, 0.15) is 55.2 Å². The lowest BCUT2D eigenvalue weighted by molar-refractivity contribution is 0.122. The Morgan fingerprint density at radius 2 is 1.68 bits per heavy atom. The first-order valence-corrected chi connectivity index (χ1v) is 12.8. The second-order valence-corrected chi connectivity index (χ2v) is 9.78. The van der Waals surface area contributed by atoms with Crippen molar-refractivity contribution in [2.75, 3.05) is 36.1 Å². The molecule has 34 heavy (non-hydrogen) atoms. The lowest BCUT2D eigenvalue weighted by Crippen LogP contribution is -2.36. The summed E-state index contributed by atoms with van der Waals surface area (Å²) in [6.07, 6.45) is 9.22. The van der Waals surface area contributed by atoms with E-state index in [0.717, 1.165) is 42.8 Å². The molecule has 0 spiro atoms. The molecule has 3 fully saturated rings. The van der Waals surface area contributed by atoms with Crippen LogP contribution in [0.3, 0.4) is 0 Å². The monoisotopic (exact) mass is 473 g/mol. The van der Waals surface area contributed by atoms with Gasteiger partial charge >= 0.3 is 0 Å². The standard InChI is InChI=1S/C27H31N5OS/c34-27-29-25(23-8-3-4-14-28-23)26(24-9-5-15-31(24)21-6-1-2-7-21)32(27)22-12-10-20(11-13-22)30-16-18-33-19-17-30/h3-5,8-15,21,25-26H,1-2,6-7,16-19H2,(H,29,34)/t25-,26+/m1/s1. The van der Waals surface area contributed by atoms with Gasteiger partial charge in [0.15, 0.2) is 5.11 Å². The third-order valence-electron chi connectivity index (χ3n) is 7.44. The molecule has 4 heterocycles. The molecule has 3 aliphatic rings. The number of morpholine rings is 1. The van der Waals surface area contributed by atoms with Gasteiger partial charge in [-0.25, -0.2) is 0 Å². The average Bonchev–Trinajstić information content (AvgIpc) is 3.65. The normalized spacial score (nSPS) is 23.5. The van der Waals surface area contributed by atoms with E-state index in [9.17, 15) is 0 Å². The average molecular weight is 474 g/mol. The van der Waals surface area contributed by atoms with Crippen LogP contribution >= 0.6 is 12.2 Å². The summed E-state index contributed by atoms with van der Waals surface area (Å²) in [4.78, 5) is 9.38. The van der Waals surface area contributed by atoms with Gasteiger partial charge in [-0.1, -0.05) is 18.9 Å². The molecule has 0 bridgehead atoms. The van der Waals surface area contributed by atoms with Crippen LogP contribution in [0.2, 0.25) is 0 Å². The lowest BCUT2D eigenvalue weighted by Gasteiger charge is -2.32. The Morgan fingerprint density at radius 3 is 2.41 bits per heavy atom. The molecular formula is C27H31N5OS. The second-order valence-electron chi connectivity index (χ2n) is 9.39. The highest BCUT2D eigenvalue weighted by atomic mass is 32.1. The molecule has 0 amide bonds. The van der Waals surface area contributed by atoms with Gasteiger partial charge in [-0.05, 0) is 73.6 Å². The Morgan fingerprint density at radius 1 is 0.912 bits per heavy atom. The van der Waals surface area contributed by atoms with Crippen LogP contribution in [-0.2, 0) is 4.74 Å². The van der Waals surface area contributed by atoms with Gasteiger partial charge in [-0.2, -0.15) is 0 Å². The van der Waals surface area contributed by atoms with Gasteiger partial charge < -0.3 is 24.4 Å². The van der Waals surface area contributed by atoms with Crippen LogP contribution in [0.15, 0.2) is 67.0 Å². The Labute approximate surface area is 206 Å². The zero-order valence-electron chi connectivity index (χ0n) is 19.3. The minimum Gasteiger partial charge on any atom is -0.378 e. The van der Waals surface area contributed by atoms with Crippen LogP contribution in [0.4, 0.5) is 11.4 Å². The number of nitrogens with zero attached hydrogens (tertiary/aromatic N) is 4. The van der Waals surface area contributed by atoms with Gasteiger partial charge in [0.1, 0.15) is 6.04 Å². The maximum atomic E-state index is 5.94. The summed E-state index contributed by atoms with van der Waals surface area (Å²) in [5.41, 5.74) is 4.66. The van der Waals surface area contributed by atoms with Gasteiger partial charge in [0, 0.05) is 48.6 Å². The van der Waals surface area contributed by atoms with E-state index < -0.39 is 0 Å². The summed E-state index contributed by atoms with van der Waals surface area (Å²) in [5.74, 6) is 0. The SMILES string of the molecule is S=C1N[C@H](c2ccccn2)[C@H](c2cccn2C2CCCC2)N1c1ccc(N2CCOCC2)cc1. The molecule has 2 saturated heterocycles. The molecule has 0 radical (unpaired) electrons. The molecule has 2 aliphatic heterocycles. The quantitative estimate of drug-likeness (QED) is 0.526. The molecule has 3 aromatic rings. The highest BCUT2D eigenvalue weighted by Crippen LogP contribution is 2.44. The molecule has 6 rings (SSSR count). The summed E-state index contributed by atoms with van der Waals surface area (Å²) in [6.45, 7) is 3.44. The number of rotatable bonds is 5. The number of thiocarbonyl (C=S) groups is 1. The van der Waals surface area contributed by atoms with Crippen LogP contribution in [0.25, 0.3) is 0 Å². The molecule has 0 unspecified atom stereocenters. The van der Waals surface area contributed by atoms with Crippen LogP contribution in [0, 0.1) is 0 Å². The topological polar surface area (TPSA) is 45.6 Å². The maximum absolute atomic E-state index is 5.94. The van der Waals surface area contributed by atoms with Crippen LogP contribution < -0.4 is 15.1 Å². The predicted molar refractivity (Wildman–Crippen MR) is 139 cm³/mol. The summed E-state index contributed by atoms with van der Waals surface area (Å²) in [7, 11) is 0. The van der Waals surface area contributed by atoms with Crippen molar-refractivity contribution in [2.45, 2.75) is 43.8 Å². The van der Waals surface area contributed by atoms with Gasteiger partial charge in [0.25, 0.3) is 0 Å². The summed E-state index contributed by atoms with van der Waals surface area (Å²) in [6, 6.07) is 20.0. The zero-order chi connectivity index (χ0) is 22.9. The van der Waals surface area contributed by atoms with Crippen LogP contribution in [0.5, 0.6) is 0 Å². The highest BCUT2D eigenvalue weighted by molar-refractivity contribution is 7.80. The molecule has 2 atom stereocenters. The van der Waals surface area contributed by atoms with Crippen molar-refractivity contribution in [3.05, 3.63) is 78.4 Å². The van der Waals surface area contributed by atoms with Gasteiger partial charge in [0.2, 0.25) is 0 Å². The van der Waals surface area contributed by atoms with Crippen molar-refractivity contribution >= 4 is 28.7 Å². The second kappa shape index (κ2) is 9.39. The fourth-order valence-electron chi connectivity index (χ4n) is 5.75. The largest absolute Gasteiger partial charge is 0.378 e. The maximum Gasteiger partial charge on any atom is 0.174 e. The van der Waals surface area contributed by atoms with E-state index in [2.05, 4.69) is 74.4 Å². The number of aromatic nitrogens is 2. The van der Waals surface area contributed by atoms with Crippen molar-refractivity contribution in [3.8, 4) is 0 Å².